The smallest absolute Gasteiger partial charge is 0.261 e. The molecule has 1 saturated heterocycles. The first-order chi connectivity index (χ1) is 10.5. The van der Waals surface area contributed by atoms with E-state index < -0.39 is 0 Å². The molecular formula is C17H28N2O2S. The minimum Gasteiger partial charge on any atom is -0.379 e. The fourth-order valence-electron chi connectivity index (χ4n) is 2.96. The highest BCUT2D eigenvalue weighted by Gasteiger charge is 2.24. The minimum absolute atomic E-state index is 0.0618. The Balaban J connectivity index is 1.94. The molecule has 2 heterocycles. The van der Waals surface area contributed by atoms with Crippen LogP contribution in [0.2, 0.25) is 0 Å². The molecule has 1 atom stereocenters. The van der Waals surface area contributed by atoms with Crippen LogP contribution in [-0.2, 0) is 11.2 Å². The number of carbonyl (C=O) groups excluding carboxylic acids is 1. The van der Waals surface area contributed by atoms with Gasteiger partial charge in [-0.2, -0.15) is 0 Å². The molecule has 0 saturated carbocycles. The van der Waals surface area contributed by atoms with Crippen molar-refractivity contribution in [2.75, 3.05) is 32.8 Å². The van der Waals surface area contributed by atoms with Gasteiger partial charge in [0.15, 0.2) is 0 Å². The molecule has 124 valence electrons. The van der Waals surface area contributed by atoms with Crippen molar-refractivity contribution in [3.63, 3.8) is 0 Å². The van der Waals surface area contributed by atoms with Crippen molar-refractivity contribution in [2.24, 2.45) is 5.92 Å². The van der Waals surface area contributed by atoms with E-state index in [1.165, 1.54) is 10.4 Å². The molecule has 1 unspecified atom stereocenters. The molecule has 0 spiro atoms. The van der Waals surface area contributed by atoms with Crippen LogP contribution in [0.5, 0.6) is 0 Å². The summed E-state index contributed by atoms with van der Waals surface area (Å²) >= 11 is 1.62. The summed E-state index contributed by atoms with van der Waals surface area (Å²) in [5.74, 6) is 0.571. The maximum absolute atomic E-state index is 12.4. The molecule has 1 amide bonds. The molecular weight excluding hydrogens is 296 g/mol. The van der Waals surface area contributed by atoms with Crippen LogP contribution in [0.1, 0.15) is 40.9 Å². The molecule has 1 N–H and O–H groups in total. The number of aryl methyl sites for hydroxylation is 2. The first-order valence-electron chi connectivity index (χ1n) is 8.22. The van der Waals surface area contributed by atoms with Gasteiger partial charge in [-0.1, -0.05) is 20.8 Å². The second-order valence-electron chi connectivity index (χ2n) is 6.24. The summed E-state index contributed by atoms with van der Waals surface area (Å²) < 4.78 is 5.43. The molecule has 2 rings (SSSR count). The first-order valence-corrected chi connectivity index (χ1v) is 9.03. The van der Waals surface area contributed by atoms with Gasteiger partial charge in [0.05, 0.1) is 18.1 Å². The van der Waals surface area contributed by atoms with Gasteiger partial charge in [-0.15, -0.1) is 11.3 Å². The number of hydrogen-bond donors (Lipinski definition) is 1. The Kier molecular flexibility index (Phi) is 6.41. The van der Waals surface area contributed by atoms with Crippen molar-refractivity contribution >= 4 is 17.2 Å². The summed E-state index contributed by atoms with van der Waals surface area (Å²) in [5, 5.41) is 3.13. The van der Waals surface area contributed by atoms with Crippen molar-refractivity contribution < 1.29 is 9.53 Å². The summed E-state index contributed by atoms with van der Waals surface area (Å²) in [7, 11) is 0. The van der Waals surface area contributed by atoms with Crippen LogP contribution in [0.25, 0.3) is 0 Å². The lowest BCUT2D eigenvalue weighted by atomic mass is 10.0. The third-order valence-corrected chi connectivity index (χ3v) is 5.70. The maximum atomic E-state index is 12.4. The highest BCUT2D eigenvalue weighted by molar-refractivity contribution is 7.14. The number of thiophene rings is 1. The van der Waals surface area contributed by atoms with E-state index in [9.17, 15) is 4.79 Å². The molecule has 0 radical (unpaired) electrons. The molecule has 22 heavy (non-hydrogen) atoms. The van der Waals surface area contributed by atoms with Crippen LogP contribution in [0.3, 0.4) is 0 Å². The van der Waals surface area contributed by atoms with Crippen LogP contribution < -0.4 is 5.32 Å². The Morgan fingerprint density at radius 3 is 2.64 bits per heavy atom. The highest BCUT2D eigenvalue weighted by Crippen LogP contribution is 2.22. The predicted octanol–water partition coefficient (Wildman–Crippen LogP) is 2.71. The normalized spacial score (nSPS) is 17.7. The Labute approximate surface area is 137 Å². The van der Waals surface area contributed by atoms with Crippen molar-refractivity contribution in [3.05, 3.63) is 21.4 Å². The van der Waals surface area contributed by atoms with Crippen molar-refractivity contribution in [3.8, 4) is 0 Å². The molecule has 0 bridgehead atoms. The molecule has 4 nitrogen and oxygen atoms in total. The lowest BCUT2D eigenvalue weighted by Gasteiger charge is -2.36. The zero-order chi connectivity index (χ0) is 16.1. The van der Waals surface area contributed by atoms with E-state index in [1.807, 2.05) is 6.07 Å². The summed E-state index contributed by atoms with van der Waals surface area (Å²) in [5.41, 5.74) is 1.23. The number of ether oxygens (including phenoxy) is 1. The summed E-state index contributed by atoms with van der Waals surface area (Å²) in [6.07, 6.45) is 0.992. The number of nitrogens with zero attached hydrogens (tertiary/aromatic N) is 1. The van der Waals surface area contributed by atoms with Crippen LogP contribution in [-0.4, -0.2) is 49.7 Å². The second kappa shape index (κ2) is 8.09. The molecule has 1 fully saturated rings. The van der Waals surface area contributed by atoms with Gasteiger partial charge < -0.3 is 10.1 Å². The molecule has 1 aliphatic heterocycles. The Morgan fingerprint density at radius 2 is 2.09 bits per heavy atom. The molecule has 0 aliphatic carbocycles. The quantitative estimate of drug-likeness (QED) is 0.875. The standard InChI is InChI=1S/C17H28N2O2S/c1-5-15-13(4)10-16(22-15)17(20)18-11-14(12(2)3)19-6-8-21-9-7-19/h10,12,14H,5-9,11H2,1-4H3,(H,18,20). The Hall–Kier alpha value is -0.910. The van der Waals surface area contributed by atoms with Gasteiger partial charge in [0.2, 0.25) is 0 Å². The number of amides is 1. The zero-order valence-corrected chi connectivity index (χ0v) is 15.0. The van der Waals surface area contributed by atoms with E-state index in [0.717, 1.165) is 37.6 Å². The van der Waals surface area contributed by atoms with Crippen molar-refractivity contribution in [2.45, 2.75) is 40.2 Å². The number of hydrogen-bond acceptors (Lipinski definition) is 4. The number of nitrogens with one attached hydrogen (secondary N) is 1. The van der Waals surface area contributed by atoms with E-state index >= 15 is 0 Å². The Bertz CT molecular complexity index is 493. The lowest BCUT2D eigenvalue weighted by molar-refractivity contribution is 0.00674. The predicted molar refractivity (Wildman–Crippen MR) is 91.8 cm³/mol. The average Bonchev–Trinajstić information content (AvgIpc) is 2.89. The fourth-order valence-corrected chi connectivity index (χ4v) is 3.99. The third-order valence-electron chi connectivity index (χ3n) is 4.32. The third kappa shape index (κ3) is 4.31. The van der Waals surface area contributed by atoms with Gasteiger partial charge in [0.1, 0.15) is 0 Å². The van der Waals surface area contributed by atoms with E-state index in [2.05, 4.69) is 37.9 Å². The fraction of sp³-hybridized carbons (Fsp3) is 0.706. The van der Waals surface area contributed by atoms with Crippen molar-refractivity contribution in [1.29, 1.82) is 0 Å². The van der Waals surface area contributed by atoms with Gasteiger partial charge >= 0.3 is 0 Å². The average molecular weight is 324 g/mol. The van der Waals surface area contributed by atoms with E-state index in [0.29, 0.717) is 18.5 Å². The summed E-state index contributed by atoms with van der Waals surface area (Å²) in [4.78, 5) is 17.0. The highest BCUT2D eigenvalue weighted by atomic mass is 32.1. The number of carbonyl (C=O) groups is 1. The van der Waals surface area contributed by atoms with Gasteiger partial charge in [-0.25, -0.2) is 0 Å². The molecule has 1 aromatic rings. The minimum atomic E-state index is 0.0618. The lowest BCUT2D eigenvalue weighted by Crippen LogP contribution is -2.51. The molecule has 1 aromatic heterocycles. The van der Waals surface area contributed by atoms with E-state index in [1.54, 1.807) is 11.3 Å². The topological polar surface area (TPSA) is 41.6 Å². The van der Waals surface area contributed by atoms with Gasteiger partial charge in [0, 0.05) is 30.6 Å². The molecule has 1 aliphatic rings. The maximum Gasteiger partial charge on any atom is 0.261 e. The summed E-state index contributed by atoms with van der Waals surface area (Å²) in [6, 6.07) is 2.39. The van der Waals surface area contributed by atoms with Gasteiger partial charge in [-0.3, -0.25) is 9.69 Å². The van der Waals surface area contributed by atoms with E-state index in [4.69, 9.17) is 4.74 Å². The van der Waals surface area contributed by atoms with Crippen LogP contribution in [0.4, 0.5) is 0 Å². The van der Waals surface area contributed by atoms with Crippen LogP contribution in [0, 0.1) is 12.8 Å². The van der Waals surface area contributed by atoms with Crippen molar-refractivity contribution in [1.82, 2.24) is 10.2 Å². The summed E-state index contributed by atoms with van der Waals surface area (Å²) in [6.45, 7) is 12.9. The monoisotopic (exact) mass is 324 g/mol. The second-order valence-corrected chi connectivity index (χ2v) is 7.38. The first kappa shape index (κ1) is 17.4. The van der Waals surface area contributed by atoms with Crippen LogP contribution in [0.15, 0.2) is 6.07 Å². The largest absolute Gasteiger partial charge is 0.379 e. The van der Waals surface area contributed by atoms with Crippen LogP contribution >= 0.6 is 11.3 Å². The molecule has 5 heteroatoms. The van der Waals surface area contributed by atoms with Gasteiger partial charge in [-0.05, 0) is 30.9 Å². The van der Waals surface area contributed by atoms with E-state index in [-0.39, 0.29) is 5.91 Å². The Morgan fingerprint density at radius 1 is 1.41 bits per heavy atom. The SMILES string of the molecule is CCc1sc(C(=O)NCC(C(C)C)N2CCOCC2)cc1C. The molecule has 0 aromatic carbocycles. The zero-order valence-electron chi connectivity index (χ0n) is 14.1. The van der Waals surface area contributed by atoms with Gasteiger partial charge in [0.25, 0.3) is 5.91 Å². The number of rotatable bonds is 6. The number of morpholine rings is 1.